The number of hydrogen-bond donors (Lipinski definition) is 1. The third kappa shape index (κ3) is 2.45. The molecule has 2 aromatic rings. The smallest absolute Gasteiger partial charge is 0.111 e. The van der Waals surface area contributed by atoms with Crippen molar-refractivity contribution in [1.29, 1.82) is 0 Å². The number of nitrogens with one attached hydrogen (secondary N) is 1. The Labute approximate surface area is 107 Å². The van der Waals surface area contributed by atoms with E-state index in [1.54, 1.807) is 0 Å². The minimum atomic E-state index is 0.394. The lowest BCUT2D eigenvalue weighted by atomic mass is 10.3. The van der Waals surface area contributed by atoms with E-state index in [2.05, 4.69) is 28.7 Å². The average Bonchev–Trinajstić information content (AvgIpc) is 2.63. The topological polar surface area (TPSA) is 29.9 Å². The lowest BCUT2D eigenvalue weighted by Gasteiger charge is -2.13. The maximum Gasteiger partial charge on any atom is 0.111 e. The molecule has 0 aliphatic heterocycles. The Morgan fingerprint density at radius 1 is 1.41 bits per heavy atom. The molecule has 0 saturated heterocycles. The maximum atomic E-state index is 6.06. The van der Waals surface area contributed by atoms with Crippen molar-refractivity contribution >= 4 is 22.6 Å². The molecule has 0 radical (unpaired) electrons. The van der Waals surface area contributed by atoms with E-state index in [1.807, 2.05) is 25.2 Å². The summed E-state index contributed by atoms with van der Waals surface area (Å²) in [4.78, 5) is 4.68. The highest BCUT2D eigenvalue weighted by Gasteiger charge is 2.12. The Bertz CT molecular complexity index is 517. The number of rotatable bonds is 4. The lowest BCUT2D eigenvalue weighted by Crippen LogP contribution is -2.15. The van der Waals surface area contributed by atoms with Crippen LogP contribution < -0.4 is 5.32 Å². The molecule has 0 aliphatic rings. The highest BCUT2D eigenvalue weighted by Crippen LogP contribution is 2.24. The SMILES string of the molecule is CNCCc1nc2ccc(Cl)cc2n1C(C)C. The van der Waals surface area contributed by atoms with Gasteiger partial charge in [0.25, 0.3) is 0 Å². The molecule has 1 aromatic carbocycles. The highest BCUT2D eigenvalue weighted by atomic mass is 35.5. The summed E-state index contributed by atoms with van der Waals surface area (Å²) in [5.74, 6) is 1.12. The number of fused-ring (bicyclic) bond motifs is 1. The van der Waals surface area contributed by atoms with E-state index in [-0.39, 0.29) is 0 Å². The standard InChI is InChI=1S/C13H18ClN3/c1-9(2)17-12-8-10(14)4-5-11(12)16-13(17)6-7-15-3/h4-5,8-9,15H,6-7H2,1-3H3. The molecule has 2 rings (SSSR count). The molecule has 3 nitrogen and oxygen atoms in total. The number of benzene rings is 1. The molecular formula is C13H18ClN3. The minimum Gasteiger partial charge on any atom is -0.325 e. The van der Waals surface area contributed by atoms with Gasteiger partial charge in [0.15, 0.2) is 0 Å². The van der Waals surface area contributed by atoms with Gasteiger partial charge in [-0.05, 0) is 39.1 Å². The first-order chi connectivity index (χ1) is 8.13. The minimum absolute atomic E-state index is 0.394. The third-order valence-corrected chi connectivity index (χ3v) is 3.07. The van der Waals surface area contributed by atoms with Crippen molar-refractivity contribution in [1.82, 2.24) is 14.9 Å². The zero-order chi connectivity index (χ0) is 12.4. The third-order valence-electron chi connectivity index (χ3n) is 2.84. The average molecular weight is 252 g/mol. The first-order valence-electron chi connectivity index (χ1n) is 5.94. The fourth-order valence-corrected chi connectivity index (χ4v) is 2.27. The van der Waals surface area contributed by atoms with Crippen LogP contribution in [0.3, 0.4) is 0 Å². The van der Waals surface area contributed by atoms with Crippen molar-refractivity contribution in [3.8, 4) is 0 Å². The predicted octanol–water partition coefficient (Wildman–Crippen LogP) is 3.03. The molecule has 0 unspecified atom stereocenters. The van der Waals surface area contributed by atoms with Crippen LogP contribution in [0.15, 0.2) is 18.2 Å². The summed E-state index contributed by atoms with van der Waals surface area (Å²) in [6.07, 6.45) is 0.932. The van der Waals surface area contributed by atoms with Crippen LogP contribution in [0.1, 0.15) is 25.7 Å². The van der Waals surface area contributed by atoms with Crippen LogP contribution in [0.2, 0.25) is 5.02 Å². The van der Waals surface area contributed by atoms with Crippen LogP contribution in [0, 0.1) is 0 Å². The molecule has 0 fully saturated rings. The van der Waals surface area contributed by atoms with Gasteiger partial charge in [0, 0.05) is 24.0 Å². The summed E-state index contributed by atoms with van der Waals surface area (Å²) in [5, 5.41) is 3.92. The summed E-state index contributed by atoms with van der Waals surface area (Å²) < 4.78 is 2.26. The molecule has 1 N–H and O–H groups in total. The van der Waals surface area contributed by atoms with Crippen LogP contribution in [0.25, 0.3) is 11.0 Å². The fourth-order valence-electron chi connectivity index (χ4n) is 2.11. The number of halogens is 1. The van der Waals surface area contributed by atoms with Gasteiger partial charge >= 0.3 is 0 Å². The number of likely N-dealkylation sites (N-methyl/N-ethyl adjacent to an activating group) is 1. The van der Waals surface area contributed by atoms with Gasteiger partial charge < -0.3 is 9.88 Å². The van der Waals surface area contributed by atoms with Gasteiger partial charge in [-0.15, -0.1) is 0 Å². The summed E-state index contributed by atoms with van der Waals surface area (Å²) in [5.41, 5.74) is 2.15. The van der Waals surface area contributed by atoms with Gasteiger partial charge in [-0.2, -0.15) is 0 Å². The van der Waals surface area contributed by atoms with Crippen LogP contribution in [0.5, 0.6) is 0 Å². The van der Waals surface area contributed by atoms with Crippen LogP contribution in [-0.2, 0) is 6.42 Å². The number of hydrogen-bond acceptors (Lipinski definition) is 2. The van der Waals surface area contributed by atoms with E-state index in [1.165, 1.54) is 0 Å². The molecule has 1 heterocycles. The molecule has 17 heavy (non-hydrogen) atoms. The number of imidazole rings is 1. The van der Waals surface area contributed by atoms with Gasteiger partial charge in [0.1, 0.15) is 5.82 Å². The quantitative estimate of drug-likeness (QED) is 0.905. The summed E-state index contributed by atoms with van der Waals surface area (Å²) >= 11 is 6.06. The summed E-state index contributed by atoms with van der Waals surface area (Å²) in [6, 6.07) is 6.26. The monoisotopic (exact) mass is 251 g/mol. The van der Waals surface area contributed by atoms with Gasteiger partial charge in [0.2, 0.25) is 0 Å². The lowest BCUT2D eigenvalue weighted by molar-refractivity contribution is 0.577. The molecule has 1 aromatic heterocycles. The Kier molecular flexibility index (Phi) is 3.69. The van der Waals surface area contributed by atoms with E-state index in [0.717, 1.165) is 34.8 Å². The van der Waals surface area contributed by atoms with Crippen LogP contribution in [0.4, 0.5) is 0 Å². The van der Waals surface area contributed by atoms with Crippen molar-refractivity contribution in [2.24, 2.45) is 0 Å². The van der Waals surface area contributed by atoms with Gasteiger partial charge in [-0.3, -0.25) is 0 Å². The van der Waals surface area contributed by atoms with Crippen molar-refractivity contribution < 1.29 is 0 Å². The van der Waals surface area contributed by atoms with Crippen molar-refractivity contribution in [2.75, 3.05) is 13.6 Å². The molecule has 0 amide bonds. The Balaban J connectivity index is 2.54. The molecule has 0 atom stereocenters. The zero-order valence-electron chi connectivity index (χ0n) is 10.5. The van der Waals surface area contributed by atoms with Gasteiger partial charge in [-0.25, -0.2) is 4.98 Å². The fraction of sp³-hybridized carbons (Fsp3) is 0.462. The van der Waals surface area contributed by atoms with Crippen LogP contribution >= 0.6 is 11.6 Å². The van der Waals surface area contributed by atoms with E-state index >= 15 is 0 Å². The van der Waals surface area contributed by atoms with E-state index < -0.39 is 0 Å². The normalized spacial score (nSPS) is 11.6. The zero-order valence-corrected chi connectivity index (χ0v) is 11.3. The second-order valence-corrected chi connectivity index (χ2v) is 4.91. The second-order valence-electron chi connectivity index (χ2n) is 4.48. The molecular weight excluding hydrogens is 234 g/mol. The molecule has 0 spiro atoms. The summed E-state index contributed by atoms with van der Waals surface area (Å²) in [6.45, 7) is 5.28. The molecule has 0 bridgehead atoms. The van der Waals surface area contributed by atoms with Crippen LogP contribution in [-0.4, -0.2) is 23.1 Å². The maximum absolute atomic E-state index is 6.06. The van der Waals surface area contributed by atoms with Crippen molar-refractivity contribution in [3.63, 3.8) is 0 Å². The largest absolute Gasteiger partial charge is 0.325 e. The van der Waals surface area contributed by atoms with E-state index in [0.29, 0.717) is 6.04 Å². The van der Waals surface area contributed by atoms with Gasteiger partial charge in [0.05, 0.1) is 11.0 Å². The molecule has 92 valence electrons. The second kappa shape index (κ2) is 5.07. The Morgan fingerprint density at radius 3 is 2.82 bits per heavy atom. The van der Waals surface area contributed by atoms with Crippen molar-refractivity contribution in [2.45, 2.75) is 26.3 Å². The Morgan fingerprint density at radius 2 is 2.18 bits per heavy atom. The Hall–Kier alpha value is -1.06. The molecule has 0 saturated carbocycles. The first kappa shape index (κ1) is 12.4. The number of nitrogens with zero attached hydrogens (tertiary/aromatic N) is 2. The molecule has 0 aliphatic carbocycles. The number of aromatic nitrogens is 2. The van der Waals surface area contributed by atoms with Crippen molar-refractivity contribution in [3.05, 3.63) is 29.0 Å². The van der Waals surface area contributed by atoms with E-state index in [9.17, 15) is 0 Å². The first-order valence-corrected chi connectivity index (χ1v) is 6.32. The predicted molar refractivity (Wildman–Crippen MR) is 72.8 cm³/mol. The van der Waals surface area contributed by atoms with Gasteiger partial charge in [-0.1, -0.05) is 11.6 Å². The molecule has 4 heteroatoms. The highest BCUT2D eigenvalue weighted by molar-refractivity contribution is 6.31. The summed E-state index contributed by atoms with van der Waals surface area (Å²) in [7, 11) is 1.96. The van der Waals surface area contributed by atoms with E-state index in [4.69, 9.17) is 11.6 Å².